The molecule has 3 N–H and O–H groups in total. The van der Waals surface area contributed by atoms with Gasteiger partial charge in [0.15, 0.2) is 11.6 Å². The lowest BCUT2D eigenvalue weighted by molar-refractivity contribution is 0.0240. The summed E-state index contributed by atoms with van der Waals surface area (Å²) in [6.07, 6.45) is -0.298. The van der Waals surface area contributed by atoms with Crippen molar-refractivity contribution in [1.82, 2.24) is 4.90 Å². The Hall–Kier alpha value is -2.87. The second kappa shape index (κ2) is 9.51. The van der Waals surface area contributed by atoms with Gasteiger partial charge in [-0.25, -0.2) is 13.6 Å². The highest BCUT2D eigenvalue weighted by atomic mass is 19.2. The molecule has 1 amide bonds. The lowest BCUT2D eigenvalue weighted by atomic mass is 10.1. The van der Waals surface area contributed by atoms with Crippen molar-refractivity contribution in [1.29, 1.82) is 0 Å². The van der Waals surface area contributed by atoms with Gasteiger partial charge in [0.25, 0.3) is 0 Å². The van der Waals surface area contributed by atoms with E-state index in [-0.39, 0.29) is 6.09 Å². The first-order valence-corrected chi connectivity index (χ1v) is 10.4. The maximum absolute atomic E-state index is 13.5. The van der Waals surface area contributed by atoms with E-state index in [0.717, 1.165) is 23.0 Å². The maximum atomic E-state index is 13.5. The second-order valence-corrected chi connectivity index (χ2v) is 8.56. The van der Waals surface area contributed by atoms with E-state index in [1.54, 1.807) is 11.0 Å². The smallest absolute Gasteiger partial charge is 0.410 e. The third-order valence-corrected chi connectivity index (χ3v) is 5.09. The number of carbonyl (C=O) groups is 1. The van der Waals surface area contributed by atoms with Crippen molar-refractivity contribution < 1.29 is 18.3 Å². The van der Waals surface area contributed by atoms with Crippen molar-refractivity contribution in [3.8, 4) is 0 Å². The molecule has 2 aromatic rings. The van der Waals surface area contributed by atoms with Crippen LogP contribution in [0.4, 0.5) is 25.0 Å². The summed E-state index contributed by atoms with van der Waals surface area (Å²) >= 11 is 0. The quantitative estimate of drug-likeness (QED) is 0.745. The number of nitrogens with zero attached hydrogens (tertiary/aromatic N) is 2. The molecule has 0 aromatic heterocycles. The summed E-state index contributed by atoms with van der Waals surface area (Å²) in [5.41, 5.74) is 8.96. The number of nitrogens with one attached hydrogen (secondary N) is 1. The standard InChI is InChI=1S/C23H30F2N4O2/c1-23(2,3)31-22(30)29-11-9-28(10-12-29)21-6-4-5-20(17(21)14-26)27-15-16-7-8-18(24)19(25)13-16/h4-8,13,27H,9-12,14-15,26H2,1-3H3. The summed E-state index contributed by atoms with van der Waals surface area (Å²) < 4.78 is 32.1. The first-order valence-electron chi connectivity index (χ1n) is 10.4. The van der Waals surface area contributed by atoms with Crippen LogP contribution in [0.1, 0.15) is 31.9 Å². The molecule has 1 aliphatic heterocycles. The largest absolute Gasteiger partial charge is 0.444 e. The van der Waals surface area contributed by atoms with Crippen LogP contribution in [0, 0.1) is 11.6 Å². The lowest BCUT2D eigenvalue weighted by Gasteiger charge is -2.37. The SMILES string of the molecule is CC(C)(C)OC(=O)N1CCN(c2cccc(NCc3ccc(F)c(F)c3)c2CN)CC1. The number of hydrogen-bond acceptors (Lipinski definition) is 5. The second-order valence-electron chi connectivity index (χ2n) is 8.56. The Morgan fingerprint density at radius 1 is 1.10 bits per heavy atom. The lowest BCUT2D eigenvalue weighted by Crippen LogP contribution is -2.50. The molecule has 0 aliphatic carbocycles. The molecule has 0 atom stereocenters. The molecule has 3 rings (SSSR count). The van der Waals surface area contributed by atoms with Gasteiger partial charge in [-0.05, 0) is 50.6 Å². The minimum atomic E-state index is -0.866. The van der Waals surface area contributed by atoms with Gasteiger partial charge >= 0.3 is 6.09 Å². The van der Waals surface area contributed by atoms with Crippen molar-refractivity contribution in [3.63, 3.8) is 0 Å². The predicted octanol–water partition coefficient (Wildman–Crippen LogP) is 4.09. The van der Waals surface area contributed by atoms with Crippen LogP contribution in [0.2, 0.25) is 0 Å². The van der Waals surface area contributed by atoms with E-state index < -0.39 is 17.2 Å². The Labute approximate surface area is 182 Å². The Morgan fingerprint density at radius 2 is 1.81 bits per heavy atom. The van der Waals surface area contributed by atoms with Crippen molar-refractivity contribution in [2.24, 2.45) is 5.73 Å². The number of ether oxygens (including phenoxy) is 1. The van der Waals surface area contributed by atoms with Crippen molar-refractivity contribution in [3.05, 3.63) is 59.2 Å². The molecule has 0 saturated carbocycles. The Kier molecular flexibility index (Phi) is 7.00. The first kappa shape index (κ1) is 22.8. The average molecular weight is 433 g/mol. The van der Waals surface area contributed by atoms with Crippen LogP contribution in [0.3, 0.4) is 0 Å². The fourth-order valence-corrected chi connectivity index (χ4v) is 3.55. The molecule has 0 bridgehead atoms. The van der Waals surface area contributed by atoms with Gasteiger partial charge < -0.3 is 25.6 Å². The van der Waals surface area contributed by atoms with Gasteiger partial charge in [-0.1, -0.05) is 12.1 Å². The van der Waals surface area contributed by atoms with E-state index in [9.17, 15) is 13.6 Å². The topological polar surface area (TPSA) is 70.8 Å². The average Bonchev–Trinajstić information content (AvgIpc) is 2.73. The number of hydrogen-bond donors (Lipinski definition) is 2. The third-order valence-electron chi connectivity index (χ3n) is 5.09. The van der Waals surface area contributed by atoms with Gasteiger partial charge in [0.05, 0.1) is 0 Å². The highest BCUT2D eigenvalue weighted by Gasteiger charge is 2.26. The first-order chi connectivity index (χ1) is 14.7. The van der Waals surface area contributed by atoms with E-state index in [4.69, 9.17) is 10.5 Å². The highest BCUT2D eigenvalue weighted by molar-refractivity contribution is 5.70. The van der Waals surface area contributed by atoms with Crippen LogP contribution in [-0.4, -0.2) is 42.8 Å². The van der Waals surface area contributed by atoms with Gasteiger partial charge in [0.1, 0.15) is 5.60 Å². The molecule has 1 heterocycles. The summed E-state index contributed by atoms with van der Waals surface area (Å²) in [7, 11) is 0. The molecular formula is C23H30F2N4O2. The highest BCUT2D eigenvalue weighted by Crippen LogP contribution is 2.29. The molecule has 1 saturated heterocycles. The Morgan fingerprint density at radius 3 is 2.42 bits per heavy atom. The number of nitrogens with two attached hydrogens (primary N) is 1. The number of piperazine rings is 1. The van der Waals surface area contributed by atoms with Crippen LogP contribution >= 0.6 is 0 Å². The van der Waals surface area contributed by atoms with Crippen LogP contribution < -0.4 is 16.0 Å². The van der Waals surface area contributed by atoms with Crippen LogP contribution in [-0.2, 0) is 17.8 Å². The summed E-state index contributed by atoms with van der Waals surface area (Å²) in [6.45, 7) is 8.69. The minimum absolute atomic E-state index is 0.298. The number of benzene rings is 2. The van der Waals surface area contributed by atoms with Crippen LogP contribution in [0.15, 0.2) is 36.4 Å². The zero-order valence-electron chi connectivity index (χ0n) is 18.3. The Balaban J connectivity index is 1.67. The Bertz CT molecular complexity index is 922. The molecule has 6 nitrogen and oxygen atoms in total. The van der Waals surface area contributed by atoms with E-state index in [0.29, 0.717) is 44.8 Å². The fraction of sp³-hybridized carbons (Fsp3) is 0.435. The number of amides is 1. The molecule has 8 heteroatoms. The predicted molar refractivity (Wildman–Crippen MR) is 118 cm³/mol. The molecule has 1 fully saturated rings. The molecule has 0 radical (unpaired) electrons. The summed E-state index contributed by atoms with van der Waals surface area (Å²) in [4.78, 5) is 16.2. The summed E-state index contributed by atoms with van der Waals surface area (Å²) in [5, 5.41) is 3.28. The van der Waals surface area contributed by atoms with Gasteiger partial charge in [-0.2, -0.15) is 0 Å². The van der Waals surface area contributed by atoms with Gasteiger partial charge in [0.2, 0.25) is 0 Å². The van der Waals surface area contributed by atoms with Crippen molar-refractivity contribution >= 4 is 17.5 Å². The zero-order valence-corrected chi connectivity index (χ0v) is 18.3. The summed E-state index contributed by atoms with van der Waals surface area (Å²) in [6, 6.07) is 9.72. The molecule has 0 spiro atoms. The normalized spacial score (nSPS) is 14.5. The van der Waals surface area contributed by atoms with Gasteiger partial charge in [-0.15, -0.1) is 0 Å². The zero-order chi connectivity index (χ0) is 22.6. The van der Waals surface area contributed by atoms with E-state index in [2.05, 4.69) is 10.2 Å². The van der Waals surface area contributed by atoms with Crippen LogP contribution in [0.25, 0.3) is 0 Å². The number of anilines is 2. The molecular weight excluding hydrogens is 402 g/mol. The molecule has 31 heavy (non-hydrogen) atoms. The van der Waals surface area contributed by atoms with E-state index in [1.807, 2.05) is 39.0 Å². The fourth-order valence-electron chi connectivity index (χ4n) is 3.55. The summed E-state index contributed by atoms with van der Waals surface area (Å²) in [5.74, 6) is -1.73. The molecule has 168 valence electrons. The third kappa shape index (κ3) is 5.85. The minimum Gasteiger partial charge on any atom is -0.444 e. The number of rotatable bonds is 5. The molecule has 1 aliphatic rings. The number of halogens is 2. The monoisotopic (exact) mass is 432 g/mol. The van der Waals surface area contributed by atoms with Crippen molar-refractivity contribution in [2.45, 2.75) is 39.5 Å². The number of carbonyl (C=O) groups excluding carboxylic acids is 1. The van der Waals surface area contributed by atoms with E-state index >= 15 is 0 Å². The van der Waals surface area contributed by atoms with E-state index in [1.165, 1.54) is 6.07 Å². The van der Waals surface area contributed by atoms with Gasteiger partial charge in [0, 0.05) is 56.2 Å². The maximum Gasteiger partial charge on any atom is 0.410 e. The van der Waals surface area contributed by atoms with Gasteiger partial charge in [-0.3, -0.25) is 0 Å². The van der Waals surface area contributed by atoms with Crippen LogP contribution in [0.5, 0.6) is 0 Å². The molecule has 0 unspecified atom stereocenters. The molecule has 2 aromatic carbocycles. The van der Waals surface area contributed by atoms with Crippen molar-refractivity contribution in [2.75, 3.05) is 36.4 Å².